The van der Waals surface area contributed by atoms with Crippen molar-refractivity contribution in [2.24, 2.45) is 11.8 Å². The molecular formula is C14H27NO. The van der Waals surface area contributed by atoms with Crippen molar-refractivity contribution in [2.45, 2.75) is 57.5 Å². The molecule has 0 saturated heterocycles. The molecule has 2 saturated carbocycles. The molecule has 1 unspecified atom stereocenters. The molecule has 1 N–H and O–H groups in total. The van der Waals surface area contributed by atoms with Crippen LogP contribution in [0, 0.1) is 11.8 Å². The van der Waals surface area contributed by atoms with Crippen molar-refractivity contribution in [2.75, 3.05) is 20.1 Å². The third kappa shape index (κ3) is 3.74. The highest BCUT2D eigenvalue weighted by Crippen LogP contribution is 2.29. The molecule has 0 aromatic rings. The summed E-state index contributed by atoms with van der Waals surface area (Å²) in [6.45, 7) is 2.08. The minimum absolute atomic E-state index is 0.0897. The van der Waals surface area contributed by atoms with Gasteiger partial charge >= 0.3 is 0 Å². The van der Waals surface area contributed by atoms with E-state index in [2.05, 4.69) is 11.9 Å². The fourth-order valence-corrected chi connectivity index (χ4v) is 3.26. The number of likely N-dealkylation sites (N-methyl/N-ethyl adjacent to an activating group) is 1. The monoisotopic (exact) mass is 225 g/mol. The van der Waals surface area contributed by atoms with Gasteiger partial charge in [-0.05, 0) is 38.1 Å². The van der Waals surface area contributed by atoms with E-state index in [9.17, 15) is 5.11 Å². The third-order valence-electron chi connectivity index (χ3n) is 4.40. The lowest BCUT2D eigenvalue weighted by atomic mass is 9.85. The van der Waals surface area contributed by atoms with Crippen molar-refractivity contribution < 1.29 is 5.11 Å². The maximum absolute atomic E-state index is 10.0. The van der Waals surface area contributed by atoms with E-state index in [0.717, 1.165) is 24.8 Å². The van der Waals surface area contributed by atoms with Gasteiger partial charge < -0.3 is 10.0 Å². The number of hydrogen-bond donors (Lipinski definition) is 1. The molecule has 2 aliphatic carbocycles. The zero-order valence-corrected chi connectivity index (χ0v) is 10.7. The van der Waals surface area contributed by atoms with Crippen LogP contribution >= 0.6 is 0 Å². The maximum Gasteiger partial charge on any atom is 0.0669 e. The summed E-state index contributed by atoms with van der Waals surface area (Å²) in [5, 5.41) is 10.0. The number of aliphatic hydroxyl groups excluding tert-OH is 1. The van der Waals surface area contributed by atoms with Gasteiger partial charge in [-0.3, -0.25) is 0 Å². The molecule has 94 valence electrons. The zero-order valence-electron chi connectivity index (χ0n) is 10.7. The molecule has 0 aromatic carbocycles. The zero-order chi connectivity index (χ0) is 11.4. The van der Waals surface area contributed by atoms with Gasteiger partial charge in [-0.25, -0.2) is 0 Å². The topological polar surface area (TPSA) is 23.5 Å². The van der Waals surface area contributed by atoms with Crippen LogP contribution in [0.3, 0.4) is 0 Å². The summed E-state index contributed by atoms with van der Waals surface area (Å²) >= 11 is 0. The van der Waals surface area contributed by atoms with Crippen LogP contribution in [-0.4, -0.2) is 36.2 Å². The lowest BCUT2D eigenvalue weighted by molar-refractivity contribution is 0.0876. The van der Waals surface area contributed by atoms with E-state index in [1.54, 1.807) is 0 Å². The van der Waals surface area contributed by atoms with Gasteiger partial charge in [-0.1, -0.05) is 32.1 Å². The summed E-state index contributed by atoms with van der Waals surface area (Å²) in [6, 6.07) is 0. The fraction of sp³-hybridized carbons (Fsp3) is 1.00. The first-order valence-electron chi connectivity index (χ1n) is 7.10. The Kier molecular flexibility index (Phi) is 4.66. The van der Waals surface area contributed by atoms with E-state index >= 15 is 0 Å². The molecule has 2 rings (SSSR count). The van der Waals surface area contributed by atoms with Crippen LogP contribution < -0.4 is 0 Å². The first kappa shape index (κ1) is 12.4. The first-order valence-corrected chi connectivity index (χ1v) is 7.10. The number of nitrogens with zero attached hydrogens (tertiary/aromatic N) is 1. The highest BCUT2D eigenvalue weighted by molar-refractivity contribution is 4.76. The second kappa shape index (κ2) is 6.02. The molecule has 2 aliphatic rings. The van der Waals surface area contributed by atoms with E-state index in [0.29, 0.717) is 0 Å². The minimum atomic E-state index is -0.0897. The summed E-state index contributed by atoms with van der Waals surface area (Å²) in [4.78, 5) is 2.34. The largest absolute Gasteiger partial charge is 0.392 e. The van der Waals surface area contributed by atoms with Crippen molar-refractivity contribution in [3.05, 3.63) is 0 Å². The van der Waals surface area contributed by atoms with Crippen molar-refractivity contribution in [3.8, 4) is 0 Å². The Hall–Kier alpha value is -0.0800. The van der Waals surface area contributed by atoms with Crippen LogP contribution in [0.2, 0.25) is 0 Å². The molecule has 2 heteroatoms. The summed E-state index contributed by atoms with van der Waals surface area (Å²) < 4.78 is 0. The molecule has 0 spiro atoms. The molecule has 0 radical (unpaired) electrons. The second-order valence-electron chi connectivity index (χ2n) is 6.06. The molecule has 16 heavy (non-hydrogen) atoms. The Morgan fingerprint density at radius 3 is 2.25 bits per heavy atom. The molecular weight excluding hydrogens is 198 g/mol. The van der Waals surface area contributed by atoms with Crippen LogP contribution in [0.5, 0.6) is 0 Å². The Balaban J connectivity index is 1.59. The van der Waals surface area contributed by atoms with Crippen LogP contribution in [0.4, 0.5) is 0 Å². The molecule has 1 atom stereocenters. The normalized spacial score (nSPS) is 24.9. The maximum atomic E-state index is 10.0. The molecule has 0 aromatic heterocycles. The molecule has 2 fully saturated rings. The third-order valence-corrected chi connectivity index (χ3v) is 4.40. The summed E-state index contributed by atoms with van der Waals surface area (Å²) in [5.74, 6) is 1.73. The van der Waals surface area contributed by atoms with Crippen LogP contribution in [-0.2, 0) is 0 Å². The average molecular weight is 225 g/mol. The van der Waals surface area contributed by atoms with E-state index < -0.39 is 0 Å². The highest BCUT2D eigenvalue weighted by Gasteiger charge is 2.22. The van der Waals surface area contributed by atoms with E-state index in [4.69, 9.17) is 0 Å². The fourth-order valence-electron chi connectivity index (χ4n) is 3.26. The van der Waals surface area contributed by atoms with Gasteiger partial charge in [0.25, 0.3) is 0 Å². The number of rotatable bonds is 6. The quantitative estimate of drug-likeness (QED) is 0.751. The van der Waals surface area contributed by atoms with Crippen LogP contribution in [0.15, 0.2) is 0 Å². The second-order valence-corrected chi connectivity index (χ2v) is 6.06. The van der Waals surface area contributed by atoms with Gasteiger partial charge in [-0.2, -0.15) is 0 Å². The number of aliphatic hydroxyl groups is 1. The summed E-state index contributed by atoms with van der Waals surface area (Å²) in [7, 11) is 2.16. The van der Waals surface area contributed by atoms with Crippen LogP contribution in [0.1, 0.15) is 51.4 Å². The van der Waals surface area contributed by atoms with E-state index in [-0.39, 0.29) is 6.10 Å². The van der Waals surface area contributed by atoms with Crippen molar-refractivity contribution in [1.29, 1.82) is 0 Å². The standard InChI is InChI=1S/C14H27NO/c1-15(10-13-7-4-8-13)11-14(16)9-12-5-2-3-6-12/h12-14,16H,2-11H2,1H3. The Morgan fingerprint density at radius 2 is 1.69 bits per heavy atom. The van der Waals surface area contributed by atoms with Crippen molar-refractivity contribution >= 4 is 0 Å². The lowest BCUT2D eigenvalue weighted by Crippen LogP contribution is -2.35. The van der Waals surface area contributed by atoms with Gasteiger partial charge in [0, 0.05) is 13.1 Å². The summed E-state index contributed by atoms with van der Waals surface area (Å²) in [5.41, 5.74) is 0. The van der Waals surface area contributed by atoms with Gasteiger partial charge in [0.15, 0.2) is 0 Å². The van der Waals surface area contributed by atoms with E-state index in [1.807, 2.05) is 0 Å². The van der Waals surface area contributed by atoms with Crippen LogP contribution in [0.25, 0.3) is 0 Å². The van der Waals surface area contributed by atoms with Crippen molar-refractivity contribution in [3.63, 3.8) is 0 Å². The number of hydrogen-bond acceptors (Lipinski definition) is 2. The Labute approximate surface area is 100 Å². The van der Waals surface area contributed by atoms with Gasteiger partial charge in [0.2, 0.25) is 0 Å². The lowest BCUT2D eigenvalue weighted by Gasteiger charge is -2.31. The predicted octanol–water partition coefficient (Wildman–Crippen LogP) is 2.66. The van der Waals surface area contributed by atoms with Gasteiger partial charge in [-0.15, -0.1) is 0 Å². The molecule has 0 heterocycles. The predicted molar refractivity (Wildman–Crippen MR) is 67.4 cm³/mol. The highest BCUT2D eigenvalue weighted by atomic mass is 16.3. The molecule has 0 aliphatic heterocycles. The van der Waals surface area contributed by atoms with E-state index in [1.165, 1.54) is 51.5 Å². The first-order chi connectivity index (χ1) is 7.74. The Morgan fingerprint density at radius 1 is 1.06 bits per heavy atom. The van der Waals surface area contributed by atoms with Gasteiger partial charge in [0.1, 0.15) is 0 Å². The molecule has 2 nitrogen and oxygen atoms in total. The minimum Gasteiger partial charge on any atom is -0.392 e. The average Bonchev–Trinajstić information content (AvgIpc) is 2.63. The summed E-state index contributed by atoms with van der Waals surface area (Å²) in [6.07, 6.45) is 10.6. The van der Waals surface area contributed by atoms with Crippen molar-refractivity contribution in [1.82, 2.24) is 4.90 Å². The SMILES string of the molecule is CN(CC(O)CC1CCCC1)CC1CCC1. The molecule has 0 amide bonds. The van der Waals surface area contributed by atoms with Gasteiger partial charge in [0.05, 0.1) is 6.10 Å². The Bertz CT molecular complexity index is 197. The smallest absolute Gasteiger partial charge is 0.0669 e. The molecule has 0 bridgehead atoms.